The van der Waals surface area contributed by atoms with Gasteiger partial charge in [-0.3, -0.25) is 0 Å². The molecule has 84 valence electrons. The lowest BCUT2D eigenvalue weighted by molar-refractivity contribution is 0.113. The highest BCUT2D eigenvalue weighted by Crippen LogP contribution is 2.24. The fourth-order valence-corrected chi connectivity index (χ4v) is 1.20. The summed E-state index contributed by atoms with van der Waals surface area (Å²) in [5, 5.41) is 12.1. The monoisotopic (exact) mass is 202 g/mol. The van der Waals surface area contributed by atoms with Crippen LogP contribution in [0.15, 0.2) is 0 Å². The van der Waals surface area contributed by atoms with Crippen LogP contribution in [0.5, 0.6) is 0 Å². The van der Waals surface area contributed by atoms with E-state index < -0.39 is 0 Å². The minimum Gasteiger partial charge on any atom is -0.396 e. The van der Waals surface area contributed by atoms with E-state index in [2.05, 4.69) is 5.32 Å². The number of carbonyl (C=O) groups excluding carboxylic acids is 1. The molecule has 0 spiro atoms. The maximum atomic E-state index is 11.3. The van der Waals surface area contributed by atoms with Crippen molar-refractivity contribution in [1.82, 2.24) is 10.2 Å². The molecule has 0 atom stereocenters. The van der Waals surface area contributed by atoms with Gasteiger partial charge in [0.2, 0.25) is 0 Å². The van der Waals surface area contributed by atoms with Gasteiger partial charge < -0.3 is 15.3 Å². The zero-order chi connectivity index (χ0) is 11.2. The second-order valence-electron chi connectivity index (χ2n) is 3.92. The highest BCUT2D eigenvalue weighted by atomic mass is 16.3. The quantitative estimate of drug-likeness (QED) is 0.700. The lowest BCUT2D eigenvalue weighted by Gasteiger charge is -2.30. The number of nitrogens with zero attached hydrogens (tertiary/aromatic N) is 1. The van der Waals surface area contributed by atoms with E-state index in [1.165, 1.54) is 4.90 Å². The second kappa shape index (κ2) is 5.86. The molecule has 0 aliphatic carbocycles. The molecule has 0 saturated carbocycles. The van der Waals surface area contributed by atoms with Crippen LogP contribution in [0, 0.1) is 5.41 Å². The Morgan fingerprint density at radius 1 is 1.36 bits per heavy atom. The smallest absolute Gasteiger partial charge is 0.316 e. The molecule has 4 nitrogen and oxygen atoms in total. The Hall–Kier alpha value is -0.770. The number of urea groups is 1. The molecule has 0 aliphatic rings. The molecule has 14 heavy (non-hydrogen) atoms. The van der Waals surface area contributed by atoms with Gasteiger partial charge in [-0.2, -0.15) is 0 Å². The van der Waals surface area contributed by atoms with Gasteiger partial charge >= 0.3 is 6.03 Å². The van der Waals surface area contributed by atoms with Gasteiger partial charge in [-0.25, -0.2) is 4.79 Å². The Morgan fingerprint density at radius 2 is 1.86 bits per heavy atom. The van der Waals surface area contributed by atoms with Gasteiger partial charge in [0.25, 0.3) is 0 Å². The van der Waals surface area contributed by atoms with E-state index >= 15 is 0 Å². The molecule has 0 aromatic heterocycles. The highest BCUT2D eigenvalue weighted by Gasteiger charge is 2.25. The van der Waals surface area contributed by atoms with E-state index in [1.54, 1.807) is 14.1 Å². The first-order valence-corrected chi connectivity index (χ1v) is 5.07. The molecule has 0 heterocycles. The number of hydrogen-bond acceptors (Lipinski definition) is 2. The molecule has 4 heteroatoms. The summed E-state index contributed by atoms with van der Waals surface area (Å²) >= 11 is 0. The van der Waals surface area contributed by atoms with Gasteiger partial charge in [0.15, 0.2) is 0 Å². The first-order valence-electron chi connectivity index (χ1n) is 5.07. The zero-order valence-electron chi connectivity index (χ0n) is 9.63. The van der Waals surface area contributed by atoms with E-state index in [9.17, 15) is 9.90 Å². The van der Waals surface area contributed by atoms with Crippen LogP contribution >= 0.6 is 0 Å². The fraction of sp³-hybridized carbons (Fsp3) is 0.900. The van der Waals surface area contributed by atoms with Crippen LogP contribution < -0.4 is 5.32 Å². The maximum absolute atomic E-state index is 11.3. The Kier molecular flexibility index (Phi) is 5.53. The van der Waals surface area contributed by atoms with Crippen molar-refractivity contribution in [3.63, 3.8) is 0 Å². The van der Waals surface area contributed by atoms with Gasteiger partial charge in [0.1, 0.15) is 0 Å². The van der Waals surface area contributed by atoms with Crippen molar-refractivity contribution in [3.05, 3.63) is 0 Å². The van der Waals surface area contributed by atoms with E-state index in [0.29, 0.717) is 6.54 Å². The molecule has 0 unspecified atom stereocenters. The first kappa shape index (κ1) is 13.2. The lowest BCUT2D eigenvalue weighted by atomic mass is 9.83. The molecule has 0 radical (unpaired) electrons. The van der Waals surface area contributed by atoms with E-state index in [0.717, 1.165) is 12.8 Å². The van der Waals surface area contributed by atoms with Gasteiger partial charge in [0.05, 0.1) is 6.61 Å². The first-order chi connectivity index (χ1) is 6.51. The number of rotatable bonds is 5. The lowest BCUT2D eigenvalue weighted by Crippen LogP contribution is -2.43. The SMILES string of the molecule is CCC(CC)(CO)CNC(=O)N(C)C. The van der Waals surface area contributed by atoms with E-state index in [1.807, 2.05) is 13.8 Å². The van der Waals surface area contributed by atoms with Crippen LogP contribution in [0.3, 0.4) is 0 Å². The fourth-order valence-electron chi connectivity index (χ4n) is 1.20. The Bertz CT molecular complexity index is 169. The third-order valence-corrected chi connectivity index (χ3v) is 2.86. The molecular weight excluding hydrogens is 180 g/mol. The molecule has 2 amide bonds. The third kappa shape index (κ3) is 3.54. The summed E-state index contributed by atoms with van der Waals surface area (Å²) in [6, 6.07) is -0.107. The van der Waals surface area contributed by atoms with Gasteiger partial charge in [0, 0.05) is 26.1 Å². The number of hydrogen-bond donors (Lipinski definition) is 2. The molecule has 0 bridgehead atoms. The summed E-state index contributed by atoms with van der Waals surface area (Å²) in [6.07, 6.45) is 1.74. The van der Waals surface area contributed by atoms with Gasteiger partial charge in [-0.15, -0.1) is 0 Å². The zero-order valence-corrected chi connectivity index (χ0v) is 9.63. The van der Waals surface area contributed by atoms with Crippen LogP contribution in [-0.2, 0) is 0 Å². The predicted octanol–water partition coefficient (Wildman–Crippen LogP) is 1.06. The van der Waals surface area contributed by atoms with Crippen molar-refractivity contribution >= 4 is 6.03 Å². The van der Waals surface area contributed by atoms with Crippen molar-refractivity contribution in [3.8, 4) is 0 Å². The highest BCUT2D eigenvalue weighted by molar-refractivity contribution is 5.73. The number of aliphatic hydroxyl groups excluding tert-OH is 1. The predicted molar refractivity (Wildman–Crippen MR) is 57.2 cm³/mol. The van der Waals surface area contributed by atoms with Crippen molar-refractivity contribution < 1.29 is 9.90 Å². The summed E-state index contributed by atoms with van der Waals surface area (Å²) < 4.78 is 0. The Labute approximate surface area is 86.3 Å². The summed E-state index contributed by atoms with van der Waals surface area (Å²) in [5.41, 5.74) is -0.161. The van der Waals surface area contributed by atoms with Crippen molar-refractivity contribution in [1.29, 1.82) is 0 Å². The van der Waals surface area contributed by atoms with Crippen LogP contribution in [0.1, 0.15) is 26.7 Å². The molecule has 0 aromatic carbocycles. The number of amides is 2. The molecule has 2 N–H and O–H groups in total. The number of nitrogens with one attached hydrogen (secondary N) is 1. The standard InChI is InChI=1S/C10H22N2O2/c1-5-10(6-2,8-13)7-11-9(14)12(3)4/h13H,5-8H2,1-4H3,(H,11,14). The molecule has 0 fully saturated rings. The average Bonchev–Trinajstić information content (AvgIpc) is 2.20. The number of aliphatic hydroxyl groups is 1. The van der Waals surface area contributed by atoms with Gasteiger partial charge in [-0.1, -0.05) is 13.8 Å². The van der Waals surface area contributed by atoms with Gasteiger partial charge in [-0.05, 0) is 12.8 Å². The second-order valence-corrected chi connectivity index (χ2v) is 3.92. The van der Waals surface area contributed by atoms with Crippen molar-refractivity contribution in [2.45, 2.75) is 26.7 Å². The third-order valence-electron chi connectivity index (χ3n) is 2.86. The van der Waals surface area contributed by atoms with Crippen LogP contribution in [0.2, 0.25) is 0 Å². The molecule has 0 rings (SSSR count). The minimum absolute atomic E-state index is 0.107. The van der Waals surface area contributed by atoms with Crippen molar-refractivity contribution in [2.24, 2.45) is 5.41 Å². The largest absolute Gasteiger partial charge is 0.396 e. The molecule has 0 aromatic rings. The summed E-state index contributed by atoms with van der Waals surface area (Å²) in [5.74, 6) is 0. The summed E-state index contributed by atoms with van der Waals surface area (Å²) in [6.45, 7) is 4.71. The summed E-state index contributed by atoms with van der Waals surface area (Å²) in [7, 11) is 3.40. The van der Waals surface area contributed by atoms with Crippen molar-refractivity contribution in [2.75, 3.05) is 27.2 Å². The van der Waals surface area contributed by atoms with Crippen LogP contribution in [-0.4, -0.2) is 43.3 Å². The number of carbonyl (C=O) groups is 1. The molecule has 0 aliphatic heterocycles. The molecular formula is C10H22N2O2. The normalized spacial score (nSPS) is 11.2. The Morgan fingerprint density at radius 3 is 2.14 bits per heavy atom. The van der Waals surface area contributed by atoms with E-state index in [-0.39, 0.29) is 18.1 Å². The minimum atomic E-state index is -0.161. The van der Waals surface area contributed by atoms with Crippen LogP contribution in [0.25, 0.3) is 0 Å². The Balaban J connectivity index is 4.12. The van der Waals surface area contributed by atoms with E-state index in [4.69, 9.17) is 0 Å². The topological polar surface area (TPSA) is 52.6 Å². The van der Waals surface area contributed by atoms with Crippen LogP contribution in [0.4, 0.5) is 4.79 Å². The maximum Gasteiger partial charge on any atom is 0.316 e. The molecule has 0 saturated heterocycles. The summed E-state index contributed by atoms with van der Waals surface area (Å²) in [4.78, 5) is 12.8. The average molecular weight is 202 g/mol.